The number of carbonyl (C=O) groups is 2. The monoisotopic (exact) mass is 1220 g/mol. The van der Waals surface area contributed by atoms with E-state index in [1.165, 1.54) is 315 Å². The van der Waals surface area contributed by atoms with Crippen molar-refractivity contribution < 1.29 is 42.1 Å². The van der Waals surface area contributed by atoms with E-state index in [1.807, 2.05) is 21.1 Å². The Morgan fingerprint density at radius 3 is 0.929 bits per heavy atom. The largest absolute Gasteiger partial charge is 0.472 e. The molecule has 1 N–H and O–H groups in total. The lowest BCUT2D eigenvalue weighted by atomic mass is 10.0. The topological polar surface area (TPSA) is 108 Å². The molecule has 0 saturated carbocycles. The van der Waals surface area contributed by atoms with Crippen LogP contribution >= 0.6 is 7.82 Å². The molecular weight excluding hydrogens is 1070 g/mol. The Hall–Kier alpha value is -1.51. The Kier molecular flexibility index (Phi) is 65.7. The number of likely N-dealkylation sites (N-methyl/N-ethyl adjacent to an activating group) is 1. The zero-order valence-electron chi connectivity index (χ0n) is 57.6. The van der Waals surface area contributed by atoms with Gasteiger partial charge in [0.05, 0.1) is 27.7 Å². The van der Waals surface area contributed by atoms with E-state index in [0.717, 1.165) is 44.9 Å². The minimum absolute atomic E-state index is 0.0335. The first-order chi connectivity index (χ1) is 41.5. The predicted octanol–water partition coefficient (Wildman–Crippen LogP) is 24.4. The maximum atomic E-state index is 12.9. The van der Waals surface area contributed by atoms with Crippen molar-refractivity contribution in [3.8, 4) is 0 Å². The number of phosphoric ester groups is 1. The summed E-state index contributed by atoms with van der Waals surface area (Å²) in [5, 5.41) is 0. The zero-order chi connectivity index (χ0) is 61.9. The number of hydrogen-bond donors (Lipinski definition) is 1. The summed E-state index contributed by atoms with van der Waals surface area (Å²) >= 11 is 0. The third kappa shape index (κ3) is 71.4. The number of rotatable bonds is 71. The second-order valence-electron chi connectivity index (χ2n) is 27.0. The summed E-state index contributed by atoms with van der Waals surface area (Å²) in [6.07, 6.45) is 84.7. The van der Waals surface area contributed by atoms with Gasteiger partial charge in [-0.2, -0.15) is 0 Å². The van der Waals surface area contributed by atoms with Crippen molar-refractivity contribution >= 4 is 19.8 Å². The molecule has 0 spiro atoms. The molecular formula is C75H147NO8P+. The number of nitrogens with zero attached hydrogens (tertiary/aromatic N) is 1. The summed E-state index contributed by atoms with van der Waals surface area (Å²) in [4.78, 5) is 35.9. The fourth-order valence-corrected chi connectivity index (χ4v) is 12.2. The molecule has 0 heterocycles. The van der Waals surface area contributed by atoms with Crippen LogP contribution in [0.25, 0.3) is 0 Å². The predicted molar refractivity (Wildman–Crippen MR) is 367 cm³/mol. The van der Waals surface area contributed by atoms with Gasteiger partial charge in [-0.05, 0) is 44.9 Å². The first-order valence-electron chi connectivity index (χ1n) is 37.6. The molecule has 0 aromatic heterocycles. The van der Waals surface area contributed by atoms with Gasteiger partial charge in [0.15, 0.2) is 6.10 Å². The molecule has 85 heavy (non-hydrogen) atoms. The molecule has 10 heteroatoms. The highest BCUT2D eigenvalue weighted by Gasteiger charge is 2.27. The van der Waals surface area contributed by atoms with Crippen LogP contribution < -0.4 is 0 Å². The third-order valence-electron chi connectivity index (χ3n) is 17.2. The van der Waals surface area contributed by atoms with Gasteiger partial charge in [0.25, 0.3) is 0 Å². The molecule has 0 radical (unpaired) electrons. The molecule has 0 aromatic rings. The SMILES string of the molecule is CCCCCCC/C=C\C/C=C\CCCCCCCCCCCC(=O)OC(COC(=O)CCCCCCCCCCCCCCCCCCCCCCCCCCCCCCCCCCCCCCCCCC)COP(=O)(O)OCC[N+](C)(C)C. The van der Waals surface area contributed by atoms with Crippen LogP contribution in [0.5, 0.6) is 0 Å². The van der Waals surface area contributed by atoms with Gasteiger partial charge in [0.1, 0.15) is 19.8 Å². The van der Waals surface area contributed by atoms with Crippen LogP contribution in [0.1, 0.15) is 393 Å². The van der Waals surface area contributed by atoms with Crippen LogP contribution in [0.4, 0.5) is 0 Å². The molecule has 2 atom stereocenters. The number of esters is 2. The van der Waals surface area contributed by atoms with E-state index in [-0.39, 0.29) is 25.6 Å². The standard InChI is InChI=1S/C75H146NO8P/c1-6-8-10-12-14-16-18-20-22-24-26-28-29-30-31-32-33-34-35-36-37-38-39-40-41-42-43-44-45-46-48-49-51-53-55-57-59-61-63-65-67-74(77)81-71-73(72-83-85(79,80)82-70-69-76(3,4)5)84-75(78)68-66-64-62-60-58-56-54-52-50-47-27-25-23-21-19-17-15-13-11-9-7-2/h19,21,25,27,73H,6-18,20,22-24,26,28-72H2,1-5H3/p+1/b21-19-,27-25-. The summed E-state index contributed by atoms with van der Waals surface area (Å²) in [5.41, 5.74) is 0. The van der Waals surface area contributed by atoms with E-state index in [1.54, 1.807) is 0 Å². The normalized spacial score (nSPS) is 13.2. The van der Waals surface area contributed by atoms with Crippen molar-refractivity contribution in [1.29, 1.82) is 0 Å². The van der Waals surface area contributed by atoms with Gasteiger partial charge in [-0.25, -0.2) is 4.57 Å². The van der Waals surface area contributed by atoms with Crippen LogP contribution in [0.15, 0.2) is 24.3 Å². The molecule has 9 nitrogen and oxygen atoms in total. The fraction of sp³-hybridized carbons (Fsp3) is 0.920. The van der Waals surface area contributed by atoms with Gasteiger partial charge in [0.2, 0.25) is 0 Å². The quantitative estimate of drug-likeness (QED) is 0.0211. The molecule has 0 aliphatic carbocycles. The van der Waals surface area contributed by atoms with E-state index in [0.29, 0.717) is 23.9 Å². The van der Waals surface area contributed by atoms with Crippen molar-refractivity contribution in [3.05, 3.63) is 24.3 Å². The summed E-state index contributed by atoms with van der Waals surface area (Å²) in [6.45, 7) is 4.49. The molecule has 0 aliphatic rings. The maximum absolute atomic E-state index is 12.9. The molecule has 0 aromatic carbocycles. The Morgan fingerprint density at radius 2 is 0.635 bits per heavy atom. The second kappa shape index (κ2) is 66.9. The first kappa shape index (κ1) is 83.5. The van der Waals surface area contributed by atoms with Crippen LogP contribution in [-0.4, -0.2) is 74.9 Å². The van der Waals surface area contributed by atoms with Gasteiger partial charge in [-0.1, -0.05) is 359 Å². The summed E-state index contributed by atoms with van der Waals surface area (Å²) in [5.74, 6) is -0.781. The molecule has 504 valence electrons. The minimum Gasteiger partial charge on any atom is -0.462 e. The van der Waals surface area contributed by atoms with Gasteiger partial charge in [0, 0.05) is 12.8 Å². The van der Waals surface area contributed by atoms with Crippen LogP contribution in [0.3, 0.4) is 0 Å². The molecule has 0 bridgehead atoms. The fourth-order valence-electron chi connectivity index (χ4n) is 11.5. The summed E-state index contributed by atoms with van der Waals surface area (Å²) < 4.78 is 34.7. The van der Waals surface area contributed by atoms with Gasteiger partial charge < -0.3 is 18.9 Å². The second-order valence-corrected chi connectivity index (χ2v) is 28.5. The Labute approximate surface area is 529 Å². The Bertz CT molecular complexity index is 1480. The van der Waals surface area contributed by atoms with Crippen molar-refractivity contribution in [2.24, 2.45) is 0 Å². The molecule has 2 unspecified atom stereocenters. The molecule has 0 rings (SSSR count). The van der Waals surface area contributed by atoms with E-state index in [9.17, 15) is 19.0 Å². The maximum Gasteiger partial charge on any atom is 0.472 e. The van der Waals surface area contributed by atoms with Crippen LogP contribution in [0.2, 0.25) is 0 Å². The van der Waals surface area contributed by atoms with Gasteiger partial charge in [-0.3, -0.25) is 18.6 Å². The lowest BCUT2D eigenvalue weighted by Crippen LogP contribution is -2.37. The number of unbranched alkanes of at least 4 members (excludes halogenated alkanes) is 53. The number of hydrogen-bond acceptors (Lipinski definition) is 7. The highest BCUT2D eigenvalue weighted by atomic mass is 31.2. The Balaban J connectivity index is 3.86. The van der Waals surface area contributed by atoms with Crippen LogP contribution in [-0.2, 0) is 32.7 Å². The van der Waals surface area contributed by atoms with Crippen molar-refractivity contribution in [2.45, 2.75) is 399 Å². The zero-order valence-corrected chi connectivity index (χ0v) is 58.5. The highest BCUT2D eigenvalue weighted by Crippen LogP contribution is 2.43. The molecule has 0 fully saturated rings. The van der Waals surface area contributed by atoms with Crippen molar-refractivity contribution in [2.75, 3.05) is 47.5 Å². The smallest absolute Gasteiger partial charge is 0.462 e. The van der Waals surface area contributed by atoms with Gasteiger partial charge in [-0.15, -0.1) is 0 Å². The minimum atomic E-state index is -4.39. The average molecular weight is 1220 g/mol. The third-order valence-corrected chi connectivity index (χ3v) is 18.2. The molecule has 0 saturated heterocycles. The van der Waals surface area contributed by atoms with E-state index in [2.05, 4.69) is 38.2 Å². The van der Waals surface area contributed by atoms with E-state index < -0.39 is 26.5 Å². The molecule has 0 aliphatic heterocycles. The first-order valence-corrected chi connectivity index (χ1v) is 39.1. The number of quaternary nitrogens is 1. The van der Waals surface area contributed by atoms with Gasteiger partial charge >= 0.3 is 19.8 Å². The lowest BCUT2D eigenvalue weighted by molar-refractivity contribution is -0.870. The molecule has 0 amide bonds. The van der Waals surface area contributed by atoms with E-state index in [4.69, 9.17) is 18.5 Å². The highest BCUT2D eigenvalue weighted by molar-refractivity contribution is 7.47. The number of allylic oxidation sites excluding steroid dienone is 4. The number of ether oxygens (including phenoxy) is 2. The summed E-state index contributed by atoms with van der Waals surface area (Å²) in [7, 11) is 1.49. The lowest BCUT2D eigenvalue weighted by Gasteiger charge is -2.24. The van der Waals surface area contributed by atoms with Crippen LogP contribution in [0, 0.1) is 0 Å². The van der Waals surface area contributed by atoms with E-state index >= 15 is 0 Å². The van der Waals surface area contributed by atoms with Crippen molar-refractivity contribution in [3.63, 3.8) is 0 Å². The number of carbonyl (C=O) groups excluding carboxylic acids is 2. The Morgan fingerprint density at radius 1 is 0.365 bits per heavy atom. The number of phosphoric acid groups is 1. The summed E-state index contributed by atoms with van der Waals surface area (Å²) in [6, 6.07) is 0. The average Bonchev–Trinajstić information content (AvgIpc) is 3.49. The van der Waals surface area contributed by atoms with Crippen molar-refractivity contribution in [1.82, 2.24) is 0 Å².